The molecule has 3 rings (SSSR count). The monoisotopic (exact) mass is 699 g/mol. The fourth-order valence-corrected chi connectivity index (χ4v) is 6.11. The lowest BCUT2D eigenvalue weighted by Crippen LogP contribution is -2.48. The zero-order valence-electron chi connectivity index (χ0n) is 31.1. The zero-order chi connectivity index (χ0) is 39.1. The minimum atomic E-state index is -1.20. The molecule has 2 aromatic carbocycles. The molecule has 1 aliphatic rings. The lowest BCUT2D eigenvalue weighted by molar-refractivity contribution is -0.124. The largest absolute Gasteiger partial charge is 0.462 e. The molecule has 8 heteroatoms. The van der Waals surface area contributed by atoms with Crippen LogP contribution in [0.4, 0.5) is 0 Å². The molecule has 1 fully saturated rings. The van der Waals surface area contributed by atoms with Gasteiger partial charge in [-0.3, -0.25) is 9.69 Å². The van der Waals surface area contributed by atoms with Crippen molar-refractivity contribution in [1.29, 1.82) is 21.0 Å². The third-order valence-corrected chi connectivity index (χ3v) is 8.35. The molecule has 0 radical (unpaired) electrons. The Morgan fingerprint density at radius 3 is 1.74 bits per heavy atom. The Hall–Kier alpha value is -7.13. The summed E-state index contributed by atoms with van der Waals surface area (Å²) in [7, 11) is 0. The van der Waals surface area contributed by atoms with Crippen LogP contribution in [0.5, 0.6) is 11.5 Å². The minimum Gasteiger partial charge on any atom is -0.462 e. The molecule has 2 aromatic rings. The summed E-state index contributed by atoms with van der Waals surface area (Å²) < 4.78 is 12.1. The Morgan fingerprint density at radius 1 is 0.698 bits per heavy atom. The van der Waals surface area contributed by atoms with Crippen molar-refractivity contribution >= 4 is 5.91 Å². The van der Waals surface area contributed by atoms with Crippen LogP contribution in [0.1, 0.15) is 70.7 Å². The SMILES string of the molecule is C=C(/C=C\C(=C/C)C1(C(/C=C\C)=C/C=C(\C)Oc2ccc(C#N)c(C#N)c2)C(=C/C)/C(=C\C)C(=O)N1C(/C=C\C)=C/C)Oc1ccc(C#N)c(C#N)c1. The molecular weight excluding hydrogens is 659 g/mol. The quantitative estimate of drug-likeness (QED) is 0.122. The molecule has 1 amide bonds. The number of hydrogen-bond donors (Lipinski definition) is 0. The van der Waals surface area contributed by atoms with E-state index in [-0.39, 0.29) is 33.9 Å². The Balaban J connectivity index is 2.32. The molecular formula is C45H41N5O3. The van der Waals surface area contributed by atoms with Crippen LogP contribution >= 0.6 is 0 Å². The molecule has 0 spiro atoms. The lowest BCUT2D eigenvalue weighted by atomic mass is 9.74. The van der Waals surface area contributed by atoms with Crippen molar-refractivity contribution in [2.24, 2.45) is 0 Å². The van der Waals surface area contributed by atoms with Gasteiger partial charge < -0.3 is 9.47 Å². The van der Waals surface area contributed by atoms with Gasteiger partial charge in [0.05, 0.1) is 22.3 Å². The van der Waals surface area contributed by atoms with E-state index in [2.05, 4.69) is 6.58 Å². The molecule has 0 bridgehead atoms. The third kappa shape index (κ3) is 8.44. The van der Waals surface area contributed by atoms with E-state index < -0.39 is 5.54 Å². The molecule has 264 valence electrons. The predicted octanol–water partition coefficient (Wildman–Crippen LogP) is 10.0. The fraction of sp³-hybridized carbons (Fsp3) is 0.178. The first-order valence-electron chi connectivity index (χ1n) is 16.8. The molecule has 1 heterocycles. The van der Waals surface area contributed by atoms with E-state index in [4.69, 9.17) is 9.47 Å². The maximum absolute atomic E-state index is 14.6. The summed E-state index contributed by atoms with van der Waals surface area (Å²) in [6.07, 6.45) is 22.5. The molecule has 1 aliphatic heterocycles. The van der Waals surface area contributed by atoms with E-state index in [9.17, 15) is 25.8 Å². The number of allylic oxidation sites excluding steroid dienone is 11. The summed E-state index contributed by atoms with van der Waals surface area (Å²) in [6, 6.07) is 17.4. The molecule has 8 nitrogen and oxygen atoms in total. The second kappa shape index (κ2) is 18.7. The van der Waals surface area contributed by atoms with Crippen LogP contribution in [-0.4, -0.2) is 16.3 Å². The lowest BCUT2D eigenvalue weighted by Gasteiger charge is -2.42. The van der Waals surface area contributed by atoms with Crippen molar-refractivity contribution in [2.75, 3.05) is 0 Å². The highest BCUT2D eigenvalue weighted by Crippen LogP contribution is 2.52. The van der Waals surface area contributed by atoms with Crippen LogP contribution in [0.25, 0.3) is 0 Å². The van der Waals surface area contributed by atoms with Gasteiger partial charge in [0.15, 0.2) is 0 Å². The van der Waals surface area contributed by atoms with E-state index in [1.807, 2.05) is 127 Å². The van der Waals surface area contributed by atoms with Gasteiger partial charge in [-0.25, -0.2) is 0 Å². The Kier molecular flexibility index (Phi) is 14.3. The molecule has 1 atom stereocenters. The highest BCUT2D eigenvalue weighted by atomic mass is 16.5. The number of rotatable bonds is 12. The third-order valence-electron chi connectivity index (χ3n) is 8.35. The first-order chi connectivity index (χ1) is 25.6. The van der Waals surface area contributed by atoms with Gasteiger partial charge in [-0.15, -0.1) is 0 Å². The normalized spacial score (nSPS) is 18.5. The maximum atomic E-state index is 14.6. The average molecular weight is 700 g/mol. The van der Waals surface area contributed by atoms with E-state index in [1.165, 1.54) is 18.2 Å². The van der Waals surface area contributed by atoms with Crippen LogP contribution in [0.2, 0.25) is 0 Å². The molecule has 1 saturated heterocycles. The first kappa shape index (κ1) is 40.3. The van der Waals surface area contributed by atoms with Gasteiger partial charge in [0, 0.05) is 11.3 Å². The van der Waals surface area contributed by atoms with Gasteiger partial charge >= 0.3 is 0 Å². The van der Waals surface area contributed by atoms with Gasteiger partial charge in [-0.05, 0) is 120 Å². The summed E-state index contributed by atoms with van der Waals surface area (Å²) in [4.78, 5) is 16.4. The molecule has 1 unspecified atom stereocenters. The van der Waals surface area contributed by atoms with E-state index in [0.717, 1.165) is 16.7 Å². The Labute approximate surface area is 312 Å². The van der Waals surface area contributed by atoms with Gasteiger partial charge in [-0.2, -0.15) is 21.0 Å². The molecule has 0 aromatic heterocycles. The summed E-state index contributed by atoms with van der Waals surface area (Å²) in [5.74, 6) is 1.32. The average Bonchev–Trinajstić information content (AvgIpc) is 3.42. The molecule has 0 saturated carbocycles. The smallest absolute Gasteiger partial charge is 0.259 e. The van der Waals surface area contributed by atoms with Gasteiger partial charge in [0.1, 0.15) is 52.8 Å². The first-order valence-corrected chi connectivity index (χ1v) is 16.8. The number of nitriles is 4. The van der Waals surface area contributed by atoms with Gasteiger partial charge in [0.2, 0.25) is 0 Å². The Bertz CT molecular complexity index is 2240. The number of carbonyl (C=O) groups excluding carboxylic acids is 1. The van der Waals surface area contributed by atoms with Crippen LogP contribution in [0.3, 0.4) is 0 Å². The van der Waals surface area contributed by atoms with Crippen molar-refractivity contribution in [1.82, 2.24) is 4.90 Å². The van der Waals surface area contributed by atoms with Crippen LogP contribution in [0, 0.1) is 45.3 Å². The highest BCUT2D eigenvalue weighted by molar-refractivity contribution is 6.07. The number of carbonyl (C=O) groups is 1. The van der Waals surface area contributed by atoms with Crippen LogP contribution in [-0.2, 0) is 4.79 Å². The van der Waals surface area contributed by atoms with Crippen molar-refractivity contribution in [2.45, 2.75) is 54.0 Å². The highest BCUT2D eigenvalue weighted by Gasteiger charge is 2.55. The summed E-state index contributed by atoms with van der Waals surface area (Å²) in [5.41, 5.74) is 3.12. The van der Waals surface area contributed by atoms with Crippen molar-refractivity contribution in [3.05, 3.63) is 178 Å². The summed E-state index contributed by atoms with van der Waals surface area (Å²) in [5, 5.41) is 37.7. The van der Waals surface area contributed by atoms with Gasteiger partial charge in [-0.1, -0.05) is 61.3 Å². The summed E-state index contributed by atoms with van der Waals surface area (Å²) in [6.45, 7) is 17.2. The number of benzene rings is 2. The number of likely N-dealkylation sites (tertiary alicyclic amines) is 1. The number of amides is 1. The van der Waals surface area contributed by atoms with E-state index in [0.29, 0.717) is 28.5 Å². The van der Waals surface area contributed by atoms with Crippen LogP contribution < -0.4 is 9.47 Å². The zero-order valence-corrected chi connectivity index (χ0v) is 31.1. The van der Waals surface area contributed by atoms with Crippen molar-refractivity contribution in [3.8, 4) is 35.8 Å². The van der Waals surface area contributed by atoms with Crippen molar-refractivity contribution < 1.29 is 14.3 Å². The maximum Gasteiger partial charge on any atom is 0.259 e. The summed E-state index contributed by atoms with van der Waals surface area (Å²) >= 11 is 0. The fourth-order valence-electron chi connectivity index (χ4n) is 6.11. The van der Waals surface area contributed by atoms with Crippen LogP contribution in [0.15, 0.2) is 155 Å². The predicted molar refractivity (Wildman–Crippen MR) is 207 cm³/mol. The number of nitrogens with zero attached hydrogens (tertiary/aromatic N) is 5. The Morgan fingerprint density at radius 2 is 1.26 bits per heavy atom. The number of ether oxygens (including phenoxy) is 2. The molecule has 0 aliphatic carbocycles. The minimum absolute atomic E-state index is 0.188. The number of hydrogen-bond acceptors (Lipinski definition) is 7. The van der Waals surface area contributed by atoms with E-state index >= 15 is 0 Å². The molecule has 53 heavy (non-hydrogen) atoms. The van der Waals surface area contributed by atoms with E-state index in [1.54, 1.807) is 42.2 Å². The molecule has 0 N–H and O–H groups in total. The second-order valence-corrected chi connectivity index (χ2v) is 11.5. The van der Waals surface area contributed by atoms with Gasteiger partial charge in [0.25, 0.3) is 5.91 Å². The second-order valence-electron chi connectivity index (χ2n) is 11.5. The standard InChI is InChI=1S/C45H41N5O3/c1-9-15-38(22-18-32(8)53-41-24-20-34(28-47)36(26-41)30-49)45(43(14-6)42(13-5)44(51)50(45)39(12-4)16-10-2)37(11-3)21-17-31(7)52-40-23-19-33(27-46)35(25-40)29-48/h9-26H,7H2,1-6,8H3/b15-9-,16-10-,21-17-,32-18+,37-11+,38-22+,39-12+,42-13+,43-14+. The van der Waals surface area contributed by atoms with Crippen molar-refractivity contribution in [3.63, 3.8) is 0 Å². The topological polar surface area (TPSA) is 134 Å².